The second-order valence-electron chi connectivity index (χ2n) is 6.28. The number of hydrogen-bond acceptors (Lipinski definition) is 6. The molecule has 1 heterocycles. The smallest absolute Gasteiger partial charge is 0.377 e. The number of nitro groups is 2. The van der Waals surface area contributed by atoms with E-state index in [4.69, 9.17) is 4.74 Å². The minimum Gasteiger partial charge on any atom is -0.449 e. The molecule has 0 N–H and O–H groups in total. The van der Waals surface area contributed by atoms with Gasteiger partial charge in [-0.05, 0) is 36.4 Å². The third kappa shape index (κ3) is 3.24. The van der Waals surface area contributed by atoms with E-state index in [0.29, 0.717) is 16.6 Å². The molecule has 0 saturated heterocycles. The average Bonchev–Trinajstić information content (AvgIpc) is 2.74. The molecule has 30 heavy (non-hydrogen) atoms. The van der Waals surface area contributed by atoms with Crippen LogP contribution < -0.4 is 10.3 Å². The van der Waals surface area contributed by atoms with E-state index < -0.39 is 21.1 Å². The summed E-state index contributed by atoms with van der Waals surface area (Å²) in [6, 6.07) is 20.3. The van der Waals surface area contributed by atoms with Crippen LogP contribution in [0.15, 0.2) is 83.7 Å². The maximum Gasteiger partial charge on any atom is 0.377 e. The summed E-state index contributed by atoms with van der Waals surface area (Å²) in [6.07, 6.45) is 0. The van der Waals surface area contributed by atoms with Crippen molar-refractivity contribution in [1.82, 2.24) is 4.57 Å². The van der Waals surface area contributed by atoms with Crippen molar-refractivity contribution in [2.45, 2.75) is 0 Å². The maximum atomic E-state index is 13.1. The molecule has 1 aromatic heterocycles. The van der Waals surface area contributed by atoms with Crippen molar-refractivity contribution in [3.05, 3.63) is 109 Å². The van der Waals surface area contributed by atoms with Crippen LogP contribution in [0.1, 0.15) is 0 Å². The SMILES string of the molecule is O=c1c([N+](=O)[O-])c(Oc2ccc([N+](=O)[O-])cc2)c2ccccc2n1-c1ccccc1. The van der Waals surface area contributed by atoms with Crippen molar-refractivity contribution in [1.29, 1.82) is 0 Å². The molecule has 9 heteroatoms. The molecule has 4 rings (SSSR count). The van der Waals surface area contributed by atoms with E-state index in [0.717, 1.165) is 0 Å². The highest BCUT2D eigenvalue weighted by Crippen LogP contribution is 2.37. The van der Waals surface area contributed by atoms with Gasteiger partial charge in [0.2, 0.25) is 5.75 Å². The third-order valence-corrected chi connectivity index (χ3v) is 4.47. The number of para-hydroxylation sites is 2. The van der Waals surface area contributed by atoms with Crippen LogP contribution in [0.4, 0.5) is 11.4 Å². The van der Waals surface area contributed by atoms with Gasteiger partial charge >= 0.3 is 11.2 Å². The van der Waals surface area contributed by atoms with Crippen LogP contribution >= 0.6 is 0 Å². The Balaban J connectivity index is 1.98. The van der Waals surface area contributed by atoms with Crippen molar-refractivity contribution in [2.24, 2.45) is 0 Å². The van der Waals surface area contributed by atoms with Gasteiger partial charge < -0.3 is 4.74 Å². The number of nitrogens with zero attached hydrogens (tertiary/aromatic N) is 3. The van der Waals surface area contributed by atoms with E-state index in [2.05, 4.69) is 0 Å². The number of nitro benzene ring substituents is 1. The number of aromatic nitrogens is 1. The lowest BCUT2D eigenvalue weighted by Crippen LogP contribution is -2.22. The number of fused-ring (bicyclic) bond motifs is 1. The summed E-state index contributed by atoms with van der Waals surface area (Å²) in [7, 11) is 0. The van der Waals surface area contributed by atoms with E-state index in [1.165, 1.54) is 28.8 Å². The Morgan fingerprint density at radius 2 is 1.40 bits per heavy atom. The Labute approximate surface area is 168 Å². The van der Waals surface area contributed by atoms with E-state index in [1.54, 1.807) is 54.6 Å². The van der Waals surface area contributed by atoms with Crippen LogP contribution in [-0.4, -0.2) is 14.4 Å². The summed E-state index contributed by atoms with van der Waals surface area (Å²) < 4.78 is 6.97. The predicted octanol–water partition coefficient (Wildman–Crippen LogP) is 4.60. The van der Waals surface area contributed by atoms with Crippen LogP contribution in [0.3, 0.4) is 0 Å². The number of ether oxygens (including phenoxy) is 1. The summed E-state index contributed by atoms with van der Waals surface area (Å²) in [5, 5.41) is 23.0. The lowest BCUT2D eigenvalue weighted by atomic mass is 10.1. The molecule has 0 fully saturated rings. The fourth-order valence-corrected chi connectivity index (χ4v) is 3.15. The molecular weight excluding hydrogens is 390 g/mol. The Kier molecular flexibility index (Phi) is 4.69. The lowest BCUT2D eigenvalue weighted by molar-refractivity contribution is -0.387. The summed E-state index contributed by atoms with van der Waals surface area (Å²) in [6.45, 7) is 0. The van der Waals surface area contributed by atoms with Crippen molar-refractivity contribution >= 4 is 22.3 Å². The van der Waals surface area contributed by atoms with Crippen LogP contribution in [0, 0.1) is 20.2 Å². The first-order valence-corrected chi connectivity index (χ1v) is 8.77. The monoisotopic (exact) mass is 403 g/mol. The number of benzene rings is 3. The zero-order chi connectivity index (χ0) is 21.3. The molecule has 0 unspecified atom stereocenters. The molecule has 4 aromatic rings. The summed E-state index contributed by atoms with van der Waals surface area (Å²) in [4.78, 5) is 34.4. The largest absolute Gasteiger partial charge is 0.449 e. The van der Waals surface area contributed by atoms with E-state index in [9.17, 15) is 25.0 Å². The molecule has 148 valence electrons. The van der Waals surface area contributed by atoms with Gasteiger partial charge in [0.25, 0.3) is 5.69 Å². The normalized spacial score (nSPS) is 10.7. The van der Waals surface area contributed by atoms with Crippen LogP contribution in [0.25, 0.3) is 16.6 Å². The molecule has 0 aliphatic carbocycles. The van der Waals surface area contributed by atoms with Crippen LogP contribution in [0.5, 0.6) is 11.5 Å². The quantitative estimate of drug-likeness (QED) is 0.355. The Morgan fingerprint density at radius 3 is 2.03 bits per heavy atom. The molecular formula is C21H13N3O6. The van der Waals surface area contributed by atoms with Crippen molar-refractivity contribution in [2.75, 3.05) is 0 Å². The van der Waals surface area contributed by atoms with Gasteiger partial charge in [-0.1, -0.05) is 30.3 Å². The second kappa shape index (κ2) is 7.47. The first kappa shape index (κ1) is 18.8. The highest BCUT2D eigenvalue weighted by Gasteiger charge is 2.28. The number of rotatable bonds is 5. The fourth-order valence-electron chi connectivity index (χ4n) is 3.15. The van der Waals surface area contributed by atoms with Crippen molar-refractivity contribution < 1.29 is 14.6 Å². The van der Waals surface area contributed by atoms with Crippen molar-refractivity contribution in [3.8, 4) is 17.2 Å². The summed E-state index contributed by atoms with van der Waals surface area (Å²) in [5.41, 5.74) is -0.821. The molecule has 0 bridgehead atoms. The fraction of sp³-hybridized carbons (Fsp3) is 0. The molecule has 0 saturated carbocycles. The Hall–Kier alpha value is -4.53. The minimum absolute atomic E-state index is 0.130. The third-order valence-electron chi connectivity index (χ3n) is 4.47. The first-order valence-electron chi connectivity index (χ1n) is 8.77. The van der Waals surface area contributed by atoms with Gasteiger partial charge in [0.15, 0.2) is 0 Å². The first-order chi connectivity index (χ1) is 14.5. The Bertz CT molecular complexity index is 1330. The molecule has 0 aliphatic heterocycles. The van der Waals surface area contributed by atoms with Gasteiger partial charge in [-0.15, -0.1) is 0 Å². The summed E-state index contributed by atoms with van der Waals surface area (Å²) in [5.74, 6) is -0.0904. The van der Waals surface area contributed by atoms with Gasteiger partial charge in [0.05, 0.1) is 15.4 Å². The Morgan fingerprint density at radius 1 is 0.767 bits per heavy atom. The molecule has 3 aromatic carbocycles. The number of hydrogen-bond donors (Lipinski definition) is 0. The lowest BCUT2D eigenvalue weighted by Gasteiger charge is -2.14. The number of pyridine rings is 1. The van der Waals surface area contributed by atoms with E-state index in [-0.39, 0.29) is 17.2 Å². The highest BCUT2D eigenvalue weighted by molar-refractivity contribution is 5.90. The molecule has 0 radical (unpaired) electrons. The van der Waals surface area contributed by atoms with Crippen LogP contribution in [-0.2, 0) is 0 Å². The molecule has 0 atom stereocenters. The summed E-state index contributed by atoms with van der Waals surface area (Å²) >= 11 is 0. The van der Waals surface area contributed by atoms with Gasteiger partial charge in [0.1, 0.15) is 5.75 Å². The maximum absolute atomic E-state index is 13.1. The molecule has 9 nitrogen and oxygen atoms in total. The second-order valence-corrected chi connectivity index (χ2v) is 6.28. The zero-order valence-electron chi connectivity index (χ0n) is 15.3. The van der Waals surface area contributed by atoms with Crippen LogP contribution in [0.2, 0.25) is 0 Å². The van der Waals surface area contributed by atoms with Gasteiger partial charge in [-0.2, -0.15) is 0 Å². The van der Waals surface area contributed by atoms with Gasteiger partial charge in [-0.3, -0.25) is 29.6 Å². The van der Waals surface area contributed by atoms with Crippen molar-refractivity contribution in [3.63, 3.8) is 0 Å². The minimum atomic E-state index is -0.846. The zero-order valence-corrected chi connectivity index (χ0v) is 15.3. The molecule has 0 amide bonds. The topological polar surface area (TPSA) is 118 Å². The standard InChI is InChI=1S/C21H13N3O6/c25-21-19(24(28)29)20(30-16-12-10-15(11-13-16)23(26)27)17-8-4-5-9-18(17)22(21)14-6-2-1-3-7-14/h1-13H. The van der Waals surface area contributed by atoms with E-state index >= 15 is 0 Å². The van der Waals surface area contributed by atoms with E-state index in [1.807, 2.05) is 0 Å². The van der Waals surface area contributed by atoms with Gasteiger partial charge in [0, 0.05) is 23.2 Å². The number of non-ortho nitro benzene ring substituents is 1. The predicted molar refractivity (Wildman–Crippen MR) is 109 cm³/mol. The van der Waals surface area contributed by atoms with Gasteiger partial charge in [-0.25, -0.2) is 0 Å². The molecule has 0 aliphatic rings. The highest BCUT2D eigenvalue weighted by atomic mass is 16.6. The average molecular weight is 403 g/mol. The molecule has 0 spiro atoms.